The first-order valence-electron chi connectivity index (χ1n) is 9.48. The van der Waals surface area contributed by atoms with E-state index >= 15 is 0 Å². The van der Waals surface area contributed by atoms with Crippen LogP contribution in [0.1, 0.15) is 15.9 Å². The molecule has 10 nitrogen and oxygen atoms in total. The van der Waals surface area contributed by atoms with E-state index in [0.29, 0.717) is 5.56 Å². The fourth-order valence-corrected chi connectivity index (χ4v) is 3.36. The van der Waals surface area contributed by atoms with E-state index in [0.717, 1.165) is 12.1 Å². The van der Waals surface area contributed by atoms with Crippen molar-refractivity contribution in [2.75, 3.05) is 17.8 Å². The number of phenols is 1. The normalized spacial score (nSPS) is 12.0. The highest BCUT2D eigenvalue weighted by Gasteiger charge is 2.17. The standard InChI is InChI=1S/C22H20N4O6S/c1-23-18-11-15(33(30,31)32)12-19(21(18)27)25-26-20(14-7-3-2-4-8-14)13-24-17-10-6-5-9-16(17)22(28)29/h2-13,23,25,27H,1H3,(H,28,29)(H,30,31,32). The summed E-state index contributed by atoms with van der Waals surface area (Å²) >= 11 is 0. The number of aromatic carboxylic acids is 1. The third-order valence-electron chi connectivity index (χ3n) is 4.48. The van der Waals surface area contributed by atoms with Crippen LogP contribution in [0.5, 0.6) is 5.75 Å². The molecule has 0 atom stereocenters. The predicted molar refractivity (Wildman–Crippen MR) is 126 cm³/mol. The number of carbonyl (C=O) groups is 1. The molecule has 0 spiro atoms. The molecular formula is C22H20N4O6S. The lowest BCUT2D eigenvalue weighted by atomic mass is 10.1. The molecule has 3 aromatic carbocycles. The Morgan fingerprint density at radius 3 is 2.27 bits per heavy atom. The number of phenolic OH excluding ortho intramolecular Hbond substituents is 1. The van der Waals surface area contributed by atoms with Gasteiger partial charge in [0, 0.05) is 12.6 Å². The monoisotopic (exact) mass is 468 g/mol. The summed E-state index contributed by atoms with van der Waals surface area (Å²) in [4.78, 5) is 15.2. The molecule has 0 aromatic heterocycles. The maximum Gasteiger partial charge on any atom is 0.337 e. The number of carboxylic acids is 1. The Kier molecular flexibility index (Phi) is 7.06. The largest absolute Gasteiger partial charge is 0.504 e. The van der Waals surface area contributed by atoms with Crippen LogP contribution in [0.25, 0.3) is 0 Å². The van der Waals surface area contributed by atoms with Crippen molar-refractivity contribution in [2.24, 2.45) is 10.1 Å². The van der Waals surface area contributed by atoms with Crippen molar-refractivity contribution < 1.29 is 28.0 Å². The molecule has 0 bridgehead atoms. The van der Waals surface area contributed by atoms with Crippen molar-refractivity contribution in [3.63, 3.8) is 0 Å². The van der Waals surface area contributed by atoms with Crippen molar-refractivity contribution in [2.45, 2.75) is 4.90 Å². The van der Waals surface area contributed by atoms with Gasteiger partial charge in [0.2, 0.25) is 0 Å². The number of aromatic hydroxyl groups is 1. The smallest absolute Gasteiger partial charge is 0.337 e. The van der Waals surface area contributed by atoms with Crippen molar-refractivity contribution in [3.8, 4) is 5.75 Å². The number of anilines is 2. The predicted octanol–water partition coefficient (Wildman–Crippen LogP) is 3.60. The second-order valence-corrected chi connectivity index (χ2v) is 8.07. The molecule has 0 unspecified atom stereocenters. The third kappa shape index (κ3) is 5.73. The Morgan fingerprint density at radius 2 is 1.64 bits per heavy atom. The minimum Gasteiger partial charge on any atom is -0.504 e. The van der Waals surface area contributed by atoms with Gasteiger partial charge in [0.15, 0.2) is 5.75 Å². The highest BCUT2D eigenvalue weighted by molar-refractivity contribution is 7.85. The Balaban J connectivity index is 2.05. The summed E-state index contributed by atoms with van der Waals surface area (Å²) in [6.07, 6.45) is 1.34. The zero-order chi connectivity index (χ0) is 24.0. The summed E-state index contributed by atoms with van der Waals surface area (Å²) in [7, 11) is -3.08. The zero-order valence-electron chi connectivity index (χ0n) is 17.3. The number of hydrazone groups is 1. The molecular weight excluding hydrogens is 448 g/mol. The van der Waals surface area contributed by atoms with Crippen LogP contribution in [0.4, 0.5) is 17.1 Å². The van der Waals surface area contributed by atoms with Gasteiger partial charge in [-0.25, -0.2) is 4.79 Å². The number of hydrogen-bond donors (Lipinski definition) is 5. The van der Waals surface area contributed by atoms with Gasteiger partial charge in [0.05, 0.1) is 28.0 Å². The second-order valence-electron chi connectivity index (χ2n) is 6.65. The number of aliphatic imine (C=N–C) groups is 1. The van der Waals surface area contributed by atoms with Gasteiger partial charge in [-0.2, -0.15) is 13.5 Å². The van der Waals surface area contributed by atoms with Crippen LogP contribution in [0.3, 0.4) is 0 Å². The van der Waals surface area contributed by atoms with Crippen LogP contribution >= 0.6 is 0 Å². The summed E-state index contributed by atoms with van der Waals surface area (Å²) in [5, 5.41) is 26.6. The van der Waals surface area contributed by atoms with Crippen LogP contribution < -0.4 is 10.7 Å². The Morgan fingerprint density at radius 1 is 1.00 bits per heavy atom. The van der Waals surface area contributed by atoms with E-state index in [1.165, 1.54) is 25.4 Å². The highest BCUT2D eigenvalue weighted by atomic mass is 32.2. The lowest BCUT2D eigenvalue weighted by Gasteiger charge is -2.12. The minimum absolute atomic E-state index is 0.00582. The number of hydrogen-bond acceptors (Lipinski definition) is 8. The SMILES string of the molecule is CNc1cc(S(=O)(=O)O)cc(NN=C(C=Nc2ccccc2C(=O)O)c2ccccc2)c1O. The number of para-hydroxylation sites is 1. The molecule has 33 heavy (non-hydrogen) atoms. The quantitative estimate of drug-likeness (QED) is 0.145. The molecule has 0 aliphatic heterocycles. The van der Waals surface area contributed by atoms with Crippen LogP contribution in [0, 0.1) is 0 Å². The van der Waals surface area contributed by atoms with E-state index in [2.05, 4.69) is 20.8 Å². The Hall–Kier alpha value is -4.22. The molecule has 0 fully saturated rings. The average molecular weight is 468 g/mol. The zero-order valence-corrected chi connectivity index (χ0v) is 18.1. The maximum absolute atomic E-state index is 11.6. The topological polar surface area (TPSA) is 161 Å². The second kappa shape index (κ2) is 9.94. The maximum atomic E-state index is 11.6. The summed E-state index contributed by atoms with van der Waals surface area (Å²) in [5.74, 6) is -1.46. The van der Waals surface area contributed by atoms with Crippen molar-refractivity contribution in [3.05, 3.63) is 77.9 Å². The molecule has 0 amide bonds. The van der Waals surface area contributed by atoms with Gasteiger partial charge in [0.25, 0.3) is 10.1 Å². The first-order chi connectivity index (χ1) is 15.7. The lowest BCUT2D eigenvalue weighted by molar-refractivity contribution is 0.0698. The first kappa shape index (κ1) is 23.4. The van der Waals surface area contributed by atoms with Gasteiger partial charge >= 0.3 is 5.97 Å². The molecule has 5 N–H and O–H groups in total. The lowest BCUT2D eigenvalue weighted by Crippen LogP contribution is -2.07. The van der Waals surface area contributed by atoms with E-state index in [4.69, 9.17) is 0 Å². The fraction of sp³-hybridized carbons (Fsp3) is 0.0455. The molecule has 0 saturated carbocycles. The van der Waals surface area contributed by atoms with Gasteiger partial charge in [-0.3, -0.25) is 15.0 Å². The molecule has 170 valence electrons. The van der Waals surface area contributed by atoms with Gasteiger partial charge in [-0.15, -0.1) is 0 Å². The number of nitrogens with zero attached hydrogens (tertiary/aromatic N) is 2. The van der Waals surface area contributed by atoms with Gasteiger partial charge < -0.3 is 15.5 Å². The number of nitrogens with one attached hydrogen (secondary N) is 2. The van der Waals surface area contributed by atoms with Crippen LogP contribution in [0.15, 0.2) is 81.7 Å². The van der Waals surface area contributed by atoms with Crippen LogP contribution in [0.2, 0.25) is 0 Å². The molecule has 3 aromatic rings. The highest BCUT2D eigenvalue weighted by Crippen LogP contribution is 2.35. The Bertz CT molecular complexity index is 1340. The molecule has 0 aliphatic carbocycles. The van der Waals surface area contributed by atoms with E-state index in [9.17, 15) is 28.0 Å². The van der Waals surface area contributed by atoms with E-state index < -0.39 is 21.0 Å². The average Bonchev–Trinajstić information content (AvgIpc) is 2.80. The molecule has 3 rings (SSSR count). The fourth-order valence-electron chi connectivity index (χ4n) is 2.83. The summed E-state index contributed by atoms with van der Waals surface area (Å²) in [6.45, 7) is 0. The minimum atomic E-state index is -4.55. The molecule has 11 heteroatoms. The van der Waals surface area contributed by atoms with Gasteiger partial charge in [-0.05, 0) is 24.3 Å². The van der Waals surface area contributed by atoms with Gasteiger partial charge in [0.1, 0.15) is 11.4 Å². The molecule has 0 aliphatic rings. The summed E-state index contributed by atoms with van der Waals surface area (Å²) < 4.78 is 32.6. The van der Waals surface area contributed by atoms with E-state index in [1.807, 2.05) is 0 Å². The first-order valence-corrected chi connectivity index (χ1v) is 10.9. The van der Waals surface area contributed by atoms with E-state index in [-0.39, 0.29) is 34.1 Å². The molecule has 0 heterocycles. The number of benzene rings is 3. The molecule has 0 saturated heterocycles. The van der Waals surface area contributed by atoms with Crippen LogP contribution in [-0.2, 0) is 10.1 Å². The molecule has 0 radical (unpaired) electrons. The number of rotatable bonds is 8. The summed E-state index contributed by atoms with van der Waals surface area (Å²) in [5.41, 5.74) is 3.63. The summed E-state index contributed by atoms with van der Waals surface area (Å²) in [6, 6.07) is 17.1. The number of carboxylic acid groups (broad SMARTS) is 1. The van der Waals surface area contributed by atoms with Crippen LogP contribution in [-0.4, -0.2) is 48.1 Å². The van der Waals surface area contributed by atoms with Crippen molar-refractivity contribution >= 4 is 45.1 Å². The van der Waals surface area contributed by atoms with Crippen molar-refractivity contribution in [1.29, 1.82) is 0 Å². The van der Waals surface area contributed by atoms with Gasteiger partial charge in [-0.1, -0.05) is 42.5 Å². The Labute approximate surface area is 189 Å². The third-order valence-corrected chi connectivity index (χ3v) is 5.31. The van der Waals surface area contributed by atoms with E-state index in [1.54, 1.807) is 42.5 Å². The van der Waals surface area contributed by atoms with Crippen molar-refractivity contribution in [1.82, 2.24) is 0 Å².